The van der Waals surface area contributed by atoms with Crippen LogP contribution < -0.4 is 0 Å². The number of aryl methyl sites for hydroxylation is 1. The fraction of sp³-hybridized carbons (Fsp3) is 0.529. The average molecular weight is 305 g/mol. The first kappa shape index (κ1) is 15.0. The SMILES string of the molecule is Cc1cc2cc(CCOCCCN3CC(O)C3)ccc2s1. The zero-order valence-corrected chi connectivity index (χ0v) is 13.4. The topological polar surface area (TPSA) is 32.7 Å². The van der Waals surface area contributed by atoms with Gasteiger partial charge in [-0.2, -0.15) is 0 Å². The van der Waals surface area contributed by atoms with Crippen molar-refractivity contribution in [3.63, 3.8) is 0 Å². The lowest BCUT2D eigenvalue weighted by Gasteiger charge is -2.35. The van der Waals surface area contributed by atoms with Gasteiger partial charge < -0.3 is 9.84 Å². The summed E-state index contributed by atoms with van der Waals surface area (Å²) in [7, 11) is 0. The summed E-state index contributed by atoms with van der Waals surface area (Å²) in [6, 6.07) is 8.97. The van der Waals surface area contributed by atoms with Crippen LogP contribution in [0.5, 0.6) is 0 Å². The average Bonchev–Trinajstić information content (AvgIpc) is 2.79. The van der Waals surface area contributed by atoms with Crippen molar-refractivity contribution < 1.29 is 9.84 Å². The van der Waals surface area contributed by atoms with Crippen LogP contribution in [0.15, 0.2) is 24.3 Å². The largest absolute Gasteiger partial charge is 0.390 e. The van der Waals surface area contributed by atoms with Gasteiger partial charge in [0.25, 0.3) is 0 Å². The second-order valence-electron chi connectivity index (χ2n) is 5.86. The highest BCUT2D eigenvalue weighted by molar-refractivity contribution is 7.19. The number of hydrogen-bond acceptors (Lipinski definition) is 4. The summed E-state index contributed by atoms with van der Waals surface area (Å²) < 4.78 is 7.08. The molecule has 0 atom stereocenters. The van der Waals surface area contributed by atoms with Gasteiger partial charge in [-0.05, 0) is 42.8 Å². The fourth-order valence-electron chi connectivity index (χ4n) is 2.79. The van der Waals surface area contributed by atoms with Crippen LogP contribution in [0.25, 0.3) is 10.1 Å². The highest BCUT2D eigenvalue weighted by atomic mass is 32.1. The molecule has 21 heavy (non-hydrogen) atoms. The highest BCUT2D eigenvalue weighted by Gasteiger charge is 2.22. The smallest absolute Gasteiger partial charge is 0.0793 e. The molecule has 0 unspecified atom stereocenters. The third kappa shape index (κ3) is 4.04. The summed E-state index contributed by atoms with van der Waals surface area (Å²) >= 11 is 1.85. The molecule has 114 valence electrons. The third-order valence-corrected chi connectivity index (χ3v) is 4.97. The predicted molar refractivity (Wildman–Crippen MR) is 88.1 cm³/mol. The number of fused-ring (bicyclic) bond motifs is 1. The van der Waals surface area contributed by atoms with E-state index < -0.39 is 0 Å². The Morgan fingerprint density at radius 2 is 2.14 bits per heavy atom. The van der Waals surface area contributed by atoms with Gasteiger partial charge in [0.2, 0.25) is 0 Å². The maximum Gasteiger partial charge on any atom is 0.0793 e. The van der Waals surface area contributed by atoms with E-state index in [1.54, 1.807) is 0 Å². The van der Waals surface area contributed by atoms with E-state index in [0.717, 1.165) is 45.7 Å². The number of likely N-dealkylation sites (tertiary alicyclic amines) is 1. The first-order valence-electron chi connectivity index (χ1n) is 7.68. The Balaban J connectivity index is 1.34. The Morgan fingerprint density at radius 1 is 1.29 bits per heavy atom. The van der Waals surface area contributed by atoms with Crippen LogP contribution in [0, 0.1) is 6.92 Å². The molecule has 1 aromatic heterocycles. The van der Waals surface area contributed by atoms with Gasteiger partial charge in [0.05, 0.1) is 12.7 Å². The number of ether oxygens (including phenoxy) is 1. The number of rotatable bonds is 7. The number of aliphatic hydroxyl groups is 1. The summed E-state index contributed by atoms with van der Waals surface area (Å²) in [5.41, 5.74) is 1.35. The Bertz CT molecular complexity index is 589. The van der Waals surface area contributed by atoms with Gasteiger partial charge in [-0.3, -0.25) is 4.90 Å². The number of nitrogens with zero attached hydrogens (tertiary/aromatic N) is 1. The van der Waals surface area contributed by atoms with E-state index in [1.165, 1.54) is 20.5 Å². The molecule has 1 aliphatic heterocycles. The lowest BCUT2D eigenvalue weighted by Crippen LogP contribution is -2.50. The summed E-state index contributed by atoms with van der Waals surface area (Å²) in [6.45, 7) is 6.46. The molecule has 1 saturated heterocycles. The molecule has 1 aromatic carbocycles. The first-order chi connectivity index (χ1) is 10.2. The lowest BCUT2D eigenvalue weighted by molar-refractivity contribution is -0.00305. The normalized spacial score (nSPS) is 16.5. The molecule has 2 aromatic rings. The quantitative estimate of drug-likeness (QED) is 0.799. The minimum atomic E-state index is -0.0958. The number of aliphatic hydroxyl groups excluding tert-OH is 1. The molecule has 0 radical (unpaired) electrons. The van der Waals surface area contributed by atoms with Crippen molar-refractivity contribution in [1.29, 1.82) is 0 Å². The van der Waals surface area contributed by atoms with Crippen LogP contribution in [-0.2, 0) is 11.2 Å². The summed E-state index contributed by atoms with van der Waals surface area (Å²) in [5.74, 6) is 0. The van der Waals surface area contributed by atoms with Crippen LogP contribution in [0.3, 0.4) is 0 Å². The molecule has 4 heteroatoms. The molecule has 3 nitrogen and oxygen atoms in total. The molecular formula is C17H23NO2S. The van der Waals surface area contributed by atoms with Crippen LogP contribution in [0.2, 0.25) is 0 Å². The molecule has 1 aliphatic rings. The van der Waals surface area contributed by atoms with E-state index in [4.69, 9.17) is 4.74 Å². The van der Waals surface area contributed by atoms with E-state index in [0.29, 0.717) is 0 Å². The molecule has 0 saturated carbocycles. The second kappa shape index (κ2) is 6.88. The maximum absolute atomic E-state index is 9.19. The van der Waals surface area contributed by atoms with Crippen molar-refractivity contribution in [1.82, 2.24) is 4.90 Å². The van der Waals surface area contributed by atoms with Crippen LogP contribution in [0.1, 0.15) is 16.9 Å². The van der Waals surface area contributed by atoms with Gasteiger partial charge in [-0.1, -0.05) is 12.1 Å². The summed E-state index contributed by atoms with van der Waals surface area (Å²) in [4.78, 5) is 3.63. The van der Waals surface area contributed by atoms with E-state index in [-0.39, 0.29) is 6.10 Å². The van der Waals surface area contributed by atoms with Crippen LogP contribution >= 0.6 is 11.3 Å². The van der Waals surface area contributed by atoms with Crippen molar-refractivity contribution in [3.05, 3.63) is 34.7 Å². The number of β-amino-alcohol motifs (C(OH)–C–C–N with tert-alkyl or cyclic N) is 1. The van der Waals surface area contributed by atoms with E-state index >= 15 is 0 Å². The lowest BCUT2D eigenvalue weighted by atomic mass is 10.1. The van der Waals surface area contributed by atoms with Crippen LogP contribution in [0.4, 0.5) is 0 Å². The van der Waals surface area contributed by atoms with Crippen molar-refractivity contribution in [2.24, 2.45) is 0 Å². The molecule has 2 heterocycles. The molecule has 0 bridgehead atoms. The molecule has 0 amide bonds. The van der Waals surface area contributed by atoms with Gasteiger partial charge in [0.15, 0.2) is 0 Å². The monoisotopic (exact) mass is 305 g/mol. The highest BCUT2D eigenvalue weighted by Crippen LogP contribution is 2.25. The zero-order chi connectivity index (χ0) is 14.7. The molecule has 1 N–H and O–H groups in total. The van der Waals surface area contributed by atoms with Crippen LogP contribution in [-0.4, -0.2) is 49.0 Å². The minimum Gasteiger partial charge on any atom is -0.390 e. The minimum absolute atomic E-state index is 0.0958. The molecular weight excluding hydrogens is 282 g/mol. The van der Waals surface area contributed by atoms with Gasteiger partial charge in [-0.25, -0.2) is 0 Å². The number of thiophene rings is 1. The third-order valence-electron chi connectivity index (χ3n) is 3.94. The standard InChI is InChI=1S/C17H23NO2S/c1-13-9-15-10-14(3-4-17(15)21-13)5-8-20-7-2-6-18-11-16(19)12-18/h3-4,9-10,16,19H,2,5-8,11-12H2,1H3. The predicted octanol–water partition coefficient (Wildman–Crippen LogP) is 2.84. The van der Waals surface area contributed by atoms with Crippen molar-refractivity contribution in [2.45, 2.75) is 25.9 Å². The van der Waals surface area contributed by atoms with Gasteiger partial charge in [0.1, 0.15) is 0 Å². The second-order valence-corrected chi connectivity index (χ2v) is 7.15. The summed E-state index contributed by atoms with van der Waals surface area (Å²) in [6.07, 6.45) is 1.93. The molecule has 0 spiro atoms. The van der Waals surface area contributed by atoms with Crippen molar-refractivity contribution >= 4 is 21.4 Å². The maximum atomic E-state index is 9.19. The Morgan fingerprint density at radius 3 is 2.95 bits per heavy atom. The molecule has 1 fully saturated rings. The van der Waals surface area contributed by atoms with Crippen molar-refractivity contribution in [3.8, 4) is 0 Å². The molecule has 3 rings (SSSR count). The number of benzene rings is 1. The molecule has 0 aliphatic carbocycles. The van der Waals surface area contributed by atoms with Crippen molar-refractivity contribution in [2.75, 3.05) is 32.8 Å². The van der Waals surface area contributed by atoms with E-state index in [1.807, 2.05) is 11.3 Å². The fourth-order valence-corrected chi connectivity index (χ4v) is 3.69. The van der Waals surface area contributed by atoms with Gasteiger partial charge >= 0.3 is 0 Å². The Kier molecular flexibility index (Phi) is 4.91. The van der Waals surface area contributed by atoms with E-state index in [2.05, 4.69) is 36.1 Å². The Labute approximate surface area is 130 Å². The van der Waals surface area contributed by atoms with Gasteiger partial charge in [-0.15, -0.1) is 11.3 Å². The number of hydrogen-bond donors (Lipinski definition) is 1. The zero-order valence-electron chi connectivity index (χ0n) is 12.5. The van der Waals surface area contributed by atoms with Gasteiger partial charge in [0, 0.05) is 35.8 Å². The summed E-state index contributed by atoms with van der Waals surface area (Å²) in [5, 5.41) is 10.5. The first-order valence-corrected chi connectivity index (χ1v) is 8.49. The Hall–Kier alpha value is -0.940. The van der Waals surface area contributed by atoms with E-state index in [9.17, 15) is 5.11 Å².